The number of rotatable bonds is 4. The van der Waals surface area contributed by atoms with Crippen LogP contribution in [0.4, 0.5) is 0 Å². The van der Waals surface area contributed by atoms with Crippen molar-refractivity contribution in [1.82, 2.24) is 0 Å². The lowest BCUT2D eigenvalue weighted by Gasteiger charge is -2.39. The summed E-state index contributed by atoms with van der Waals surface area (Å²) in [5.74, 6) is 0.100. The molecule has 1 aliphatic heterocycles. The molecule has 1 heterocycles. The van der Waals surface area contributed by atoms with Gasteiger partial charge in [0.25, 0.3) is 0 Å². The molecular formula is C22H19ClO5S. The third-order valence-corrected chi connectivity index (χ3v) is 6.61. The lowest BCUT2D eigenvalue weighted by atomic mass is 9.72. The minimum absolute atomic E-state index is 0.0446. The molecule has 1 aliphatic carbocycles. The fourth-order valence-corrected chi connectivity index (χ4v) is 5.16. The molecule has 0 fully saturated rings. The largest absolute Gasteiger partial charge is 0.496 e. The van der Waals surface area contributed by atoms with Crippen LogP contribution in [0.5, 0.6) is 17.2 Å². The molecule has 0 amide bonds. The van der Waals surface area contributed by atoms with Crippen molar-refractivity contribution < 1.29 is 23.8 Å². The molecule has 1 spiro atoms. The maximum Gasteiger partial charge on any atom is 0.219 e. The van der Waals surface area contributed by atoms with E-state index in [1.807, 2.05) is 36.6 Å². The average Bonchev–Trinajstić information content (AvgIpc) is 3.05. The molecule has 0 radical (unpaired) electrons. The summed E-state index contributed by atoms with van der Waals surface area (Å²) in [5.41, 5.74) is -0.252. The average molecular weight is 431 g/mol. The van der Waals surface area contributed by atoms with Crippen LogP contribution in [-0.2, 0) is 4.79 Å². The Kier molecular flexibility index (Phi) is 5.09. The summed E-state index contributed by atoms with van der Waals surface area (Å²) in [6.07, 6.45) is 3.49. The fourth-order valence-electron chi connectivity index (χ4n) is 4.07. The van der Waals surface area contributed by atoms with E-state index in [2.05, 4.69) is 0 Å². The lowest BCUT2D eigenvalue weighted by Crippen LogP contribution is -2.50. The van der Waals surface area contributed by atoms with Gasteiger partial charge in [0.15, 0.2) is 11.5 Å². The van der Waals surface area contributed by atoms with Gasteiger partial charge in [-0.1, -0.05) is 41.9 Å². The summed E-state index contributed by atoms with van der Waals surface area (Å²) < 4.78 is 17.2. The smallest absolute Gasteiger partial charge is 0.219 e. The summed E-state index contributed by atoms with van der Waals surface area (Å²) in [7, 11) is 2.96. The number of Topliss-reactive ketones (excluding diaryl/α,β-unsaturated/α-hetero) is 1. The molecular weight excluding hydrogens is 412 g/mol. The Hall–Kier alpha value is -2.44. The third-order valence-electron chi connectivity index (χ3n) is 5.39. The number of fused-ring (bicyclic) bond motifs is 1. The van der Waals surface area contributed by atoms with Gasteiger partial charge in [0, 0.05) is 23.3 Å². The van der Waals surface area contributed by atoms with Crippen molar-refractivity contribution in [2.75, 3.05) is 20.5 Å². The first-order valence-corrected chi connectivity index (χ1v) is 10.6. The molecule has 7 heteroatoms. The molecule has 0 bridgehead atoms. The first-order valence-electron chi connectivity index (χ1n) is 9.00. The van der Waals surface area contributed by atoms with Gasteiger partial charge in [0.1, 0.15) is 22.1 Å². The van der Waals surface area contributed by atoms with Gasteiger partial charge in [-0.2, -0.15) is 0 Å². The summed E-state index contributed by atoms with van der Waals surface area (Å²) >= 11 is 7.84. The maximum absolute atomic E-state index is 13.9. The van der Waals surface area contributed by atoms with Gasteiger partial charge in [-0.25, -0.2) is 0 Å². The molecule has 2 aliphatic rings. The monoisotopic (exact) mass is 430 g/mol. The Labute approximate surface area is 178 Å². The van der Waals surface area contributed by atoms with Gasteiger partial charge in [0.05, 0.1) is 14.2 Å². The number of carbonyl (C=O) groups is 2. The number of methoxy groups -OCH3 is 2. The Bertz CT molecular complexity index is 1030. The second-order valence-corrected chi connectivity index (χ2v) is 8.04. The molecule has 0 saturated carbocycles. The number of allylic oxidation sites excluding steroid dienone is 1. The fraction of sp³-hybridized carbons (Fsp3) is 0.273. The minimum atomic E-state index is -1.37. The van der Waals surface area contributed by atoms with E-state index in [1.54, 1.807) is 6.07 Å². The molecule has 4 rings (SSSR count). The number of halogens is 1. The highest BCUT2D eigenvalue weighted by atomic mass is 35.5. The van der Waals surface area contributed by atoms with E-state index >= 15 is 0 Å². The predicted octanol–water partition coefficient (Wildman–Crippen LogP) is 4.67. The number of ether oxygens (including phenoxy) is 3. The summed E-state index contributed by atoms with van der Waals surface area (Å²) in [6.45, 7) is 0. The molecule has 0 unspecified atom stereocenters. The summed E-state index contributed by atoms with van der Waals surface area (Å²) in [5, 5.41) is 0.206. The van der Waals surface area contributed by atoms with Crippen molar-refractivity contribution in [3.8, 4) is 17.2 Å². The normalized spacial score (nSPS) is 22.9. The molecule has 5 nitrogen and oxygen atoms in total. The van der Waals surface area contributed by atoms with Crippen molar-refractivity contribution >= 4 is 34.9 Å². The van der Waals surface area contributed by atoms with Gasteiger partial charge in [0.2, 0.25) is 11.4 Å². The summed E-state index contributed by atoms with van der Waals surface area (Å²) in [4.78, 5) is 27.0. The van der Waals surface area contributed by atoms with Crippen LogP contribution in [0.15, 0.2) is 47.4 Å². The zero-order valence-corrected chi connectivity index (χ0v) is 17.7. The predicted molar refractivity (Wildman–Crippen MR) is 113 cm³/mol. The van der Waals surface area contributed by atoms with E-state index in [-0.39, 0.29) is 34.3 Å². The van der Waals surface area contributed by atoms with E-state index in [9.17, 15) is 9.59 Å². The van der Waals surface area contributed by atoms with Gasteiger partial charge in [-0.05, 0) is 17.9 Å². The van der Waals surface area contributed by atoms with Crippen LogP contribution in [0.2, 0.25) is 5.02 Å². The topological polar surface area (TPSA) is 61.8 Å². The number of ketones is 2. The van der Waals surface area contributed by atoms with E-state index in [4.69, 9.17) is 25.8 Å². The minimum Gasteiger partial charge on any atom is -0.496 e. The number of carbonyl (C=O) groups excluding carboxylic acids is 2. The van der Waals surface area contributed by atoms with Gasteiger partial charge in [-0.15, -0.1) is 11.8 Å². The lowest BCUT2D eigenvalue weighted by molar-refractivity contribution is -0.116. The van der Waals surface area contributed by atoms with E-state index < -0.39 is 11.5 Å². The highest BCUT2D eigenvalue weighted by Crippen LogP contribution is 2.57. The van der Waals surface area contributed by atoms with Crippen molar-refractivity contribution in [2.45, 2.75) is 17.9 Å². The third kappa shape index (κ3) is 2.85. The number of benzene rings is 2. The van der Waals surface area contributed by atoms with Crippen molar-refractivity contribution in [1.29, 1.82) is 0 Å². The van der Waals surface area contributed by atoms with E-state index in [0.717, 1.165) is 5.56 Å². The van der Waals surface area contributed by atoms with Crippen LogP contribution in [0.1, 0.15) is 28.3 Å². The maximum atomic E-state index is 13.9. The van der Waals surface area contributed by atoms with E-state index in [1.165, 1.54) is 32.1 Å². The van der Waals surface area contributed by atoms with Crippen LogP contribution < -0.4 is 14.2 Å². The first-order chi connectivity index (χ1) is 14.0. The van der Waals surface area contributed by atoms with Crippen molar-refractivity contribution in [3.05, 3.63) is 63.5 Å². The Morgan fingerprint density at radius 3 is 2.45 bits per heavy atom. The zero-order valence-electron chi connectivity index (χ0n) is 16.2. The van der Waals surface area contributed by atoms with Crippen LogP contribution in [0.3, 0.4) is 0 Å². The Balaban J connectivity index is 1.99. The molecule has 0 N–H and O–H groups in total. The molecule has 29 heavy (non-hydrogen) atoms. The van der Waals surface area contributed by atoms with Crippen molar-refractivity contribution in [2.24, 2.45) is 0 Å². The molecule has 0 saturated heterocycles. The SMILES string of the molecule is COc1cc(OC)c2c(c1Cl)O[C@@]1(C2=O)C(SC)=CC(=O)C[C@H]1c1ccccc1. The Morgan fingerprint density at radius 2 is 1.83 bits per heavy atom. The molecule has 2 atom stereocenters. The molecule has 2 aromatic rings. The van der Waals surface area contributed by atoms with Crippen LogP contribution >= 0.6 is 23.4 Å². The van der Waals surface area contributed by atoms with Crippen LogP contribution in [0, 0.1) is 0 Å². The van der Waals surface area contributed by atoms with E-state index in [0.29, 0.717) is 16.4 Å². The molecule has 0 aromatic heterocycles. The number of hydrogen-bond acceptors (Lipinski definition) is 6. The van der Waals surface area contributed by atoms with Crippen LogP contribution in [0.25, 0.3) is 0 Å². The van der Waals surface area contributed by atoms with Gasteiger partial charge >= 0.3 is 0 Å². The first kappa shape index (κ1) is 19.9. The quantitative estimate of drug-likeness (QED) is 0.702. The second kappa shape index (κ2) is 7.43. The van der Waals surface area contributed by atoms with Gasteiger partial charge in [-0.3, -0.25) is 9.59 Å². The molecule has 2 aromatic carbocycles. The van der Waals surface area contributed by atoms with Gasteiger partial charge < -0.3 is 14.2 Å². The number of thioether (sulfide) groups is 1. The standard InChI is InChI=1S/C22H19ClO5S/c1-26-15-11-16(27-2)19(23)20-18(15)21(25)22(28-20)14(12-7-5-4-6-8-12)9-13(24)10-17(22)29-3/h4-8,10-11,14H,9H2,1-3H3/t14-,22+/m0/s1. The number of hydrogen-bond donors (Lipinski definition) is 0. The molecule has 150 valence electrons. The highest BCUT2D eigenvalue weighted by Gasteiger charge is 2.60. The zero-order chi connectivity index (χ0) is 20.8. The Morgan fingerprint density at radius 1 is 1.14 bits per heavy atom. The highest BCUT2D eigenvalue weighted by molar-refractivity contribution is 8.02. The van der Waals surface area contributed by atoms with Crippen LogP contribution in [-0.4, -0.2) is 37.6 Å². The summed E-state index contributed by atoms with van der Waals surface area (Å²) in [6, 6.07) is 11.0. The second-order valence-electron chi connectivity index (χ2n) is 6.81. The van der Waals surface area contributed by atoms with Crippen molar-refractivity contribution in [3.63, 3.8) is 0 Å².